The molecule has 2 unspecified atom stereocenters. The number of aromatic nitrogens is 2. The van der Waals surface area contributed by atoms with Crippen LogP contribution in [0.2, 0.25) is 0 Å². The van der Waals surface area contributed by atoms with Crippen LogP contribution in [0.15, 0.2) is 15.8 Å². The number of aliphatic hydroxyl groups is 1. The van der Waals surface area contributed by atoms with Gasteiger partial charge in [-0.15, -0.1) is 0 Å². The first-order valence-electron chi connectivity index (χ1n) is 7.59. The van der Waals surface area contributed by atoms with E-state index in [0.717, 1.165) is 6.20 Å². The number of hydrogen-bond acceptors (Lipinski definition) is 10. The number of hydrogen-bond donors (Lipinski definition) is 6. The fourth-order valence-corrected chi connectivity index (χ4v) is 5.35. The lowest BCUT2D eigenvalue weighted by molar-refractivity contribution is -0.0531. The highest BCUT2D eigenvalue weighted by Crippen LogP contribution is 2.66. The van der Waals surface area contributed by atoms with E-state index in [1.807, 2.05) is 4.98 Å². The van der Waals surface area contributed by atoms with Gasteiger partial charge in [0.05, 0.1) is 6.61 Å². The SMILES string of the molecule is Cc1cn([C@H]2O[C@@H](COP(=O)(O)OP(=O)(O)OP(=O)(O)O)[C@H](F)[C@@H]2O)c(=O)[nH]c1=O. The van der Waals surface area contributed by atoms with Crippen LogP contribution in [0.5, 0.6) is 0 Å². The zero-order valence-electron chi connectivity index (χ0n) is 14.7. The highest BCUT2D eigenvalue weighted by atomic mass is 31.3. The second-order valence-electron chi connectivity index (χ2n) is 5.87. The molecule has 0 aliphatic carbocycles. The first-order chi connectivity index (χ1) is 13.5. The molecular weight excluding hydrogens is 484 g/mol. The number of alkyl halides is 1. The standard InChI is InChI=1S/C10H16FN2O14P3/c1-4-2-13(10(16)12-8(4)15)9-7(14)6(11)5(25-9)3-24-29(20,21)27-30(22,23)26-28(17,18)19/h2,5-7,9,14H,3H2,1H3,(H,20,21)(H,22,23)(H,12,15,16)(H2,17,18,19)/t5-,6-,7-,9-/m0/s1. The van der Waals surface area contributed by atoms with Gasteiger partial charge in [0.15, 0.2) is 12.4 Å². The summed E-state index contributed by atoms with van der Waals surface area (Å²) >= 11 is 0. The predicted molar refractivity (Wildman–Crippen MR) is 90.7 cm³/mol. The summed E-state index contributed by atoms with van der Waals surface area (Å²) in [6, 6.07) is 0. The Labute approximate surface area is 165 Å². The van der Waals surface area contributed by atoms with Crippen LogP contribution in [0, 0.1) is 6.92 Å². The minimum Gasteiger partial charge on any atom is -0.385 e. The fourth-order valence-electron chi connectivity index (χ4n) is 2.32. The number of aromatic amines is 1. The van der Waals surface area contributed by atoms with Gasteiger partial charge < -0.3 is 29.4 Å². The van der Waals surface area contributed by atoms with E-state index in [1.165, 1.54) is 6.92 Å². The first kappa shape index (κ1) is 25.2. The van der Waals surface area contributed by atoms with Crippen molar-refractivity contribution in [1.29, 1.82) is 0 Å². The summed E-state index contributed by atoms with van der Waals surface area (Å²) in [5.41, 5.74) is -1.75. The maximum absolute atomic E-state index is 14.3. The van der Waals surface area contributed by atoms with Gasteiger partial charge in [-0.3, -0.25) is 18.9 Å². The summed E-state index contributed by atoms with van der Waals surface area (Å²) in [5, 5.41) is 9.95. The van der Waals surface area contributed by atoms with Gasteiger partial charge in [-0.1, -0.05) is 0 Å². The molecule has 2 heterocycles. The van der Waals surface area contributed by atoms with Crippen molar-refractivity contribution >= 4 is 23.5 Å². The topological polar surface area (TPSA) is 244 Å². The molecular formula is C10H16FN2O14P3. The number of aryl methyl sites for hydroxylation is 1. The van der Waals surface area contributed by atoms with E-state index < -0.39 is 65.9 Å². The third kappa shape index (κ3) is 6.47. The number of ether oxygens (including phenoxy) is 1. The van der Waals surface area contributed by atoms with E-state index >= 15 is 0 Å². The van der Waals surface area contributed by atoms with E-state index in [-0.39, 0.29) is 5.56 Å². The van der Waals surface area contributed by atoms with Crippen LogP contribution in [0.1, 0.15) is 11.8 Å². The smallest absolute Gasteiger partial charge is 0.385 e. The molecule has 0 amide bonds. The van der Waals surface area contributed by atoms with Gasteiger partial charge in [0.2, 0.25) is 0 Å². The zero-order chi connectivity index (χ0) is 23.1. The normalized spacial score (nSPS) is 28.8. The Balaban J connectivity index is 2.09. The molecule has 16 nitrogen and oxygen atoms in total. The summed E-state index contributed by atoms with van der Waals surface area (Å²) in [4.78, 5) is 60.4. The van der Waals surface area contributed by atoms with Crippen LogP contribution < -0.4 is 11.2 Å². The van der Waals surface area contributed by atoms with Crippen molar-refractivity contribution in [2.45, 2.75) is 31.5 Å². The predicted octanol–water partition coefficient (Wildman–Crippen LogP) is -1.22. The van der Waals surface area contributed by atoms with Gasteiger partial charge in [-0.2, -0.15) is 8.62 Å². The molecule has 1 fully saturated rings. The molecule has 20 heteroatoms. The van der Waals surface area contributed by atoms with Crippen LogP contribution in [0.25, 0.3) is 0 Å². The minimum absolute atomic E-state index is 0.0255. The van der Waals surface area contributed by atoms with Crippen molar-refractivity contribution in [1.82, 2.24) is 9.55 Å². The van der Waals surface area contributed by atoms with Crippen LogP contribution in [0.4, 0.5) is 4.39 Å². The molecule has 1 aromatic rings. The van der Waals surface area contributed by atoms with Crippen molar-refractivity contribution in [3.05, 3.63) is 32.6 Å². The third-order valence-electron chi connectivity index (χ3n) is 3.53. The number of rotatable bonds is 8. The molecule has 0 aromatic carbocycles. The van der Waals surface area contributed by atoms with Crippen molar-refractivity contribution in [3.63, 3.8) is 0 Å². The van der Waals surface area contributed by atoms with Crippen LogP contribution in [-0.2, 0) is 31.6 Å². The van der Waals surface area contributed by atoms with Crippen molar-refractivity contribution in [2.24, 2.45) is 0 Å². The van der Waals surface area contributed by atoms with Crippen molar-refractivity contribution in [2.75, 3.05) is 6.61 Å². The summed E-state index contributed by atoms with van der Waals surface area (Å²) in [5.74, 6) is 0. The van der Waals surface area contributed by atoms with Crippen LogP contribution in [0.3, 0.4) is 0 Å². The highest BCUT2D eigenvalue weighted by Gasteiger charge is 2.47. The lowest BCUT2D eigenvalue weighted by Gasteiger charge is -2.19. The maximum atomic E-state index is 14.3. The Morgan fingerprint density at radius 1 is 1.17 bits per heavy atom. The van der Waals surface area contributed by atoms with Gasteiger partial charge in [0.1, 0.15) is 12.2 Å². The molecule has 172 valence electrons. The Morgan fingerprint density at radius 2 is 1.77 bits per heavy atom. The number of halogens is 1. The van der Waals surface area contributed by atoms with Crippen molar-refractivity contribution in [3.8, 4) is 0 Å². The molecule has 0 bridgehead atoms. The Kier molecular flexibility index (Phi) is 7.41. The quantitative estimate of drug-likeness (QED) is 0.229. The Hall–Kier alpha value is -1.06. The molecule has 1 aromatic heterocycles. The molecule has 1 aliphatic heterocycles. The third-order valence-corrected chi connectivity index (χ3v) is 7.33. The summed E-state index contributed by atoms with van der Waals surface area (Å²) in [6.07, 6.45) is -6.76. The largest absolute Gasteiger partial charge is 0.490 e. The van der Waals surface area contributed by atoms with Gasteiger partial charge in [0, 0.05) is 11.8 Å². The average molecular weight is 500 g/mol. The summed E-state index contributed by atoms with van der Waals surface area (Å²) < 4.78 is 64.7. The first-order valence-corrected chi connectivity index (χ1v) is 12.1. The highest BCUT2D eigenvalue weighted by molar-refractivity contribution is 7.66. The van der Waals surface area contributed by atoms with E-state index in [2.05, 4.69) is 13.1 Å². The summed E-state index contributed by atoms with van der Waals surface area (Å²) in [6.45, 7) is 0.144. The number of H-pyrrole nitrogens is 1. The second-order valence-corrected chi connectivity index (χ2v) is 10.3. The zero-order valence-corrected chi connectivity index (χ0v) is 17.4. The monoisotopic (exact) mass is 500 g/mol. The van der Waals surface area contributed by atoms with E-state index in [1.54, 1.807) is 0 Å². The molecule has 0 saturated carbocycles. The second kappa shape index (κ2) is 8.82. The molecule has 1 aliphatic rings. The van der Waals surface area contributed by atoms with Gasteiger partial charge in [-0.05, 0) is 6.92 Å². The molecule has 2 rings (SSSR count). The maximum Gasteiger partial charge on any atom is 0.490 e. The number of aliphatic hydroxyl groups excluding tert-OH is 1. The van der Waals surface area contributed by atoms with Gasteiger partial charge in [-0.25, -0.2) is 22.9 Å². The van der Waals surface area contributed by atoms with Crippen LogP contribution in [-0.4, -0.2) is 59.2 Å². The van der Waals surface area contributed by atoms with E-state index in [0.29, 0.717) is 4.57 Å². The lowest BCUT2D eigenvalue weighted by Crippen LogP contribution is -2.37. The van der Waals surface area contributed by atoms with Gasteiger partial charge in [0.25, 0.3) is 5.56 Å². The number of phosphoric acid groups is 3. The molecule has 6 N–H and O–H groups in total. The van der Waals surface area contributed by atoms with Crippen molar-refractivity contribution < 1.29 is 60.6 Å². The number of nitrogens with zero attached hydrogens (tertiary/aromatic N) is 1. The van der Waals surface area contributed by atoms with Crippen LogP contribution >= 0.6 is 23.5 Å². The molecule has 0 radical (unpaired) electrons. The Bertz CT molecular complexity index is 1050. The number of phosphoric ester groups is 1. The molecule has 1 saturated heterocycles. The Morgan fingerprint density at radius 3 is 2.33 bits per heavy atom. The summed E-state index contributed by atoms with van der Waals surface area (Å²) in [7, 11) is -16.9. The molecule has 30 heavy (non-hydrogen) atoms. The van der Waals surface area contributed by atoms with E-state index in [9.17, 15) is 37.7 Å². The number of nitrogens with one attached hydrogen (secondary N) is 1. The van der Waals surface area contributed by atoms with Gasteiger partial charge >= 0.3 is 29.2 Å². The van der Waals surface area contributed by atoms with E-state index in [4.69, 9.17) is 19.4 Å². The molecule has 0 spiro atoms. The fraction of sp³-hybridized carbons (Fsp3) is 0.600. The lowest BCUT2D eigenvalue weighted by atomic mass is 10.1. The minimum atomic E-state index is -5.77. The molecule has 6 atom stereocenters. The average Bonchev–Trinajstić information content (AvgIpc) is 2.81.